The first kappa shape index (κ1) is 34.4. The smallest absolute Gasteiger partial charge is 0.261 e. The van der Waals surface area contributed by atoms with Crippen molar-refractivity contribution in [1.29, 1.82) is 0 Å². The molecule has 4 atom stereocenters. The van der Waals surface area contributed by atoms with Crippen molar-refractivity contribution in [3.8, 4) is 5.75 Å². The predicted molar refractivity (Wildman–Crippen MR) is 177 cm³/mol. The fourth-order valence-corrected chi connectivity index (χ4v) is 6.60. The zero-order valence-corrected chi connectivity index (χ0v) is 27.6. The topological polar surface area (TPSA) is 108 Å². The molecule has 0 unspecified atom stereocenters. The minimum Gasteiger partial charge on any atom is -0.490 e. The molecule has 1 amide bonds. The molecule has 0 bridgehead atoms. The number of carbonyl (C=O) groups is 1. The number of aliphatic hydroxyl groups excluding tert-OH is 1. The van der Waals surface area contributed by atoms with Gasteiger partial charge in [0.05, 0.1) is 35.3 Å². The maximum atomic E-state index is 14.3. The minimum atomic E-state index is -3.88. The quantitative estimate of drug-likeness (QED) is 0.323. The second-order valence-electron chi connectivity index (χ2n) is 12.1. The number of ether oxygens (including phenoxy) is 2. The Morgan fingerprint density at radius 2 is 1.71 bits per heavy atom. The van der Waals surface area contributed by atoms with Gasteiger partial charge in [0.15, 0.2) is 0 Å². The van der Waals surface area contributed by atoms with Gasteiger partial charge >= 0.3 is 0 Å². The summed E-state index contributed by atoms with van der Waals surface area (Å²) in [5, 5.41) is 10.2. The lowest BCUT2D eigenvalue weighted by Crippen LogP contribution is -2.47. The van der Waals surface area contributed by atoms with Gasteiger partial charge in [0, 0.05) is 37.8 Å². The monoisotopic (exact) mass is 637 g/mol. The van der Waals surface area contributed by atoms with E-state index in [2.05, 4.69) is 35.7 Å². The van der Waals surface area contributed by atoms with Crippen LogP contribution in [0.4, 0.5) is 5.69 Å². The molecule has 0 aliphatic carbocycles. The fraction of sp³-hybridized carbons (Fsp3) is 0.457. The number of hydrogen-bond acceptors (Lipinski definition) is 7. The first-order chi connectivity index (χ1) is 21.6. The highest BCUT2D eigenvalue weighted by Crippen LogP contribution is 2.29. The first-order valence-corrected chi connectivity index (χ1v) is 17.2. The summed E-state index contributed by atoms with van der Waals surface area (Å²) in [5.74, 6) is -0.0302. The molecule has 244 valence electrons. The van der Waals surface area contributed by atoms with Crippen LogP contribution in [-0.2, 0) is 21.3 Å². The Bertz CT molecular complexity index is 1470. The van der Waals surface area contributed by atoms with Gasteiger partial charge in [-0.1, -0.05) is 55.5 Å². The Morgan fingerprint density at radius 1 is 1.02 bits per heavy atom. The van der Waals surface area contributed by atoms with Crippen LogP contribution in [0.1, 0.15) is 56.0 Å². The molecule has 9 nitrogen and oxygen atoms in total. The van der Waals surface area contributed by atoms with E-state index < -0.39 is 16.1 Å². The highest BCUT2D eigenvalue weighted by molar-refractivity contribution is 7.92. The number of benzene rings is 3. The van der Waals surface area contributed by atoms with Crippen LogP contribution in [0.25, 0.3) is 0 Å². The molecule has 1 aliphatic heterocycles. The zero-order chi connectivity index (χ0) is 32.4. The van der Waals surface area contributed by atoms with E-state index >= 15 is 0 Å². The van der Waals surface area contributed by atoms with Gasteiger partial charge in [-0.25, -0.2) is 8.42 Å². The third kappa shape index (κ3) is 9.77. The molecule has 3 aromatic carbocycles. The van der Waals surface area contributed by atoms with Crippen molar-refractivity contribution in [2.24, 2.45) is 5.92 Å². The van der Waals surface area contributed by atoms with Crippen molar-refractivity contribution in [2.45, 2.75) is 69.7 Å². The number of hydrogen-bond donors (Lipinski definition) is 2. The summed E-state index contributed by atoms with van der Waals surface area (Å²) in [5.41, 5.74) is 1.69. The van der Waals surface area contributed by atoms with Crippen LogP contribution < -0.4 is 9.46 Å². The summed E-state index contributed by atoms with van der Waals surface area (Å²) in [7, 11) is -1.81. The summed E-state index contributed by atoms with van der Waals surface area (Å²) >= 11 is 0. The summed E-state index contributed by atoms with van der Waals surface area (Å²) in [4.78, 5) is 18.3. The maximum Gasteiger partial charge on any atom is 0.261 e. The van der Waals surface area contributed by atoms with Gasteiger partial charge in [-0.2, -0.15) is 0 Å². The van der Waals surface area contributed by atoms with Crippen molar-refractivity contribution in [3.05, 3.63) is 90.0 Å². The molecule has 0 spiro atoms. The van der Waals surface area contributed by atoms with Gasteiger partial charge in [-0.15, -0.1) is 0 Å². The van der Waals surface area contributed by atoms with Crippen LogP contribution in [0.5, 0.6) is 5.75 Å². The molecule has 0 radical (unpaired) electrons. The third-order valence-corrected chi connectivity index (χ3v) is 9.54. The summed E-state index contributed by atoms with van der Waals surface area (Å²) < 4.78 is 41.5. The van der Waals surface area contributed by atoms with Crippen LogP contribution in [0.15, 0.2) is 83.8 Å². The number of carbonyl (C=O) groups excluding carboxylic acids is 1. The number of nitrogens with one attached hydrogen (secondary N) is 1. The normalized spacial score (nSPS) is 21.0. The van der Waals surface area contributed by atoms with Gasteiger partial charge in [-0.3, -0.25) is 14.4 Å². The standard InChI is InChI=1S/C35H47N3O6S/c1-26-22-38(27(2)25-39)35(40)32-21-30(36-45(41,42)31-16-9-6-10-17-31)18-19-33(32)44-28(3)13-11-12-20-43-34(26)24-37(4)23-29-14-7-5-8-15-29/h5-10,14-19,21,26-28,34,36,39H,11-13,20,22-25H2,1-4H3/t26-,27+,28-,34+/m1/s1. The zero-order valence-electron chi connectivity index (χ0n) is 26.8. The van der Waals surface area contributed by atoms with Gasteiger partial charge < -0.3 is 19.5 Å². The number of fused-ring (bicyclic) bond motifs is 1. The summed E-state index contributed by atoms with van der Waals surface area (Å²) in [6.45, 7) is 7.98. The van der Waals surface area contributed by atoms with Crippen molar-refractivity contribution in [2.75, 3.05) is 38.1 Å². The molecule has 1 aliphatic rings. The van der Waals surface area contributed by atoms with Crippen LogP contribution in [0.3, 0.4) is 0 Å². The summed E-state index contributed by atoms with van der Waals surface area (Å²) in [6, 6.07) is 22.6. The number of nitrogens with zero attached hydrogens (tertiary/aromatic N) is 2. The molecule has 3 aromatic rings. The molecule has 0 aromatic heterocycles. The van der Waals surface area contributed by atoms with E-state index in [9.17, 15) is 18.3 Å². The number of aliphatic hydroxyl groups is 1. The van der Waals surface area contributed by atoms with Crippen LogP contribution in [0, 0.1) is 5.92 Å². The van der Waals surface area contributed by atoms with E-state index in [1.165, 1.54) is 23.8 Å². The van der Waals surface area contributed by atoms with E-state index in [-0.39, 0.29) is 46.8 Å². The van der Waals surface area contributed by atoms with E-state index in [4.69, 9.17) is 9.47 Å². The van der Waals surface area contributed by atoms with Crippen molar-refractivity contribution in [3.63, 3.8) is 0 Å². The molecule has 4 rings (SSSR count). The van der Waals surface area contributed by atoms with Crippen LogP contribution in [-0.4, -0.2) is 80.8 Å². The van der Waals surface area contributed by atoms with Crippen molar-refractivity contribution in [1.82, 2.24) is 9.80 Å². The SMILES string of the molecule is C[C@@H]1CCCCO[C@@H](CN(C)Cc2ccccc2)[C@H](C)CN([C@@H](C)CO)C(=O)c2cc(NS(=O)(=O)c3ccccc3)ccc2O1. The van der Waals surface area contributed by atoms with E-state index in [0.717, 1.165) is 25.8 Å². The molecule has 45 heavy (non-hydrogen) atoms. The third-order valence-electron chi connectivity index (χ3n) is 8.14. The van der Waals surface area contributed by atoms with Gasteiger partial charge in [-0.05, 0) is 76.1 Å². The molecule has 10 heteroatoms. The Balaban J connectivity index is 1.64. The van der Waals surface area contributed by atoms with Crippen LogP contribution >= 0.6 is 0 Å². The summed E-state index contributed by atoms with van der Waals surface area (Å²) in [6.07, 6.45) is 2.21. The molecule has 0 saturated heterocycles. The molecular formula is C35H47N3O6S. The number of amides is 1. The second-order valence-corrected chi connectivity index (χ2v) is 13.8. The lowest BCUT2D eigenvalue weighted by molar-refractivity contribution is -0.0177. The van der Waals surface area contributed by atoms with Crippen molar-refractivity contribution >= 4 is 21.6 Å². The van der Waals surface area contributed by atoms with Gasteiger partial charge in [0.25, 0.3) is 15.9 Å². The highest BCUT2D eigenvalue weighted by Gasteiger charge is 2.30. The number of rotatable bonds is 9. The Hall–Kier alpha value is -3.44. The number of likely N-dealkylation sites (N-methyl/N-ethyl adjacent to an activating group) is 1. The van der Waals surface area contributed by atoms with E-state index in [1.807, 2.05) is 25.1 Å². The largest absolute Gasteiger partial charge is 0.490 e. The number of anilines is 1. The predicted octanol–water partition coefficient (Wildman–Crippen LogP) is 5.41. The molecule has 1 heterocycles. The van der Waals surface area contributed by atoms with Gasteiger partial charge in [0.2, 0.25) is 0 Å². The van der Waals surface area contributed by atoms with E-state index in [1.54, 1.807) is 42.2 Å². The lowest BCUT2D eigenvalue weighted by atomic mass is 10.0. The van der Waals surface area contributed by atoms with Gasteiger partial charge in [0.1, 0.15) is 5.75 Å². The van der Waals surface area contributed by atoms with E-state index in [0.29, 0.717) is 25.4 Å². The average Bonchev–Trinajstić information content (AvgIpc) is 3.03. The Kier molecular flexibility index (Phi) is 12.4. The van der Waals surface area contributed by atoms with Crippen LogP contribution in [0.2, 0.25) is 0 Å². The minimum absolute atomic E-state index is 0.0628. The first-order valence-electron chi connectivity index (χ1n) is 15.7. The molecular weight excluding hydrogens is 590 g/mol. The maximum absolute atomic E-state index is 14.3. The van der Waals surface area contributed by atoms with Crippen molar-refractivity contribution < 1.29 is 27.8 Å². The molecule has 0 saturated carbocycles. The molecule has 0 fully saturated rings. The number of sulfonamides is 1. The second kappa shape index (κ2) is 16.2. The lowest BCUT2D eigenvalue weighted by Gasteiger charge is -2.36. The fourth-order valence-electron chi connectivity index (χ4n) is 5.53. The average molecular weight is 638 g/mol. The highest BCUT2D eigenvalue weighted by atomic mass is 32.2. The Morgan fingerprint density at radius 3 is 2.40 bits per heavy atom. The molecule has 2 N–H and O–H groups in total. The Labute approximate surface area is 268 Å².